The maximum absolute atomic E-state index is 12.5. The molecule has 1 aliphatic heterocycles. The molecule has 2 atom stereocenters. The fourth-order valence-electron chi connectivity index (χ4n) is 2.67. The highest BCUT2D eigenvalue weighted by atomic mass is 35.5. The van der Waals surface area contributed by atoms with Crippen LogP contribution in [0.1, 0.15) is 13.3 Å². The zero-order chi connectivity index (χ0) is 15.7. The lowest BCUT2D eigenvalue weighted by Crippen LogP contribution is -2.48. The van der Waals surface area contributed by atoms with Gasteiger partial charge in [0.25, 0.3) is 0 Å². The molecule has 1 aromatic carbocycles. The summed E-state index contributed by atoms with van der Waals surface area (Å²) in [7, 11) is -3.59. The van der Waals surface area contributed by atoms with Gasteiger partial charge in [0.2, 0.25) is 10.0 Å². The highest BCUT2D eigenvalue weighted by Crippen LogP contribution is 2.20. The zero-order valence-electron chi connectivity index (χ0n) is 12.6. The van der Waals surface area contributed by atoms with Crippen LogP contribution in [-0.4, -0.2) is 27.5 Å². The first kappa shape index (κ1) is 17.9. The topological polar surface area (TPSA) is 88.4 Å². The molecule has 8 heteroatoms. The van der Waals surface area contributed by atoms with E-state index in [1.807, 2.05) is 6.92 Å². The van der Waals surface area contributed by atoms with E-state index in [9.17, 15) is 13.2 Å². The Hall–Kier alpha value is -1.41. The molecule has 6 nitrogen and oxygen atoms in total. The van der Waals surface area contributed by atoms with E-state index in [2.05, 4.69) is 10.0 Å². The number of rotatable bonds is 3. The smallest absolute Gasteiger partial charge is 0.336 e. The highest BCUT2D eigenvalue weighted by molar-refractivity contribution is 7.89. The van der Waals surface area contributed by atoms with Crippen LogP contribution in [-0.2, 0) is 10.0 Å². The monoisotopic (exact) mass is 358 g/mol. The third-order valence-corrected chi connectivity index (χ3v) is 5.48. The van der Waals surface area contributed by atoms with Gasteiger partial charge in [0.15, 0.2) is 0 Å². The average Bonchev–Trinajstić information content (AvgIpc) is 2.49. The Kier molecular flexibility index (Phi) is 5.46. The summed E-state index contributed by atoms with van der Waals surface area (Å²) in [6, 6.07) is 7.26. The molecule has 1 fully saturated rings. The van der Waals surface area contributed by atoms with E-state index >= 15 is 0 Å². The van der Waals surface area contributed by atoms with Crippen LogP contribution in [0.15, 0.2) is 44.4 Å². The van der Waals surface area contributed by atoms with Crippen molar-refractivity contribution >= 4 is 33.4 Å². The Morgan fingerprint density at radius 3 is 2.78 bits per heavy atom. The summed E-state index contributed by atoms with van der Waals surface area (Å²) in [5.74, 6) is 0.238. The second-order valence-electron chi connectivity index (χ2n) is 5.65. The first-order valence-corrected chi connectivity index (χ1v) is 8.71. The largest absolute Gasteiger partial charge is 0.423 e. The number of hydrogen-bond donors (Lipinski definition) is 2. The fourth-order valence-corrected chi connectivity index (χ4v) is 4.09. The van der Waals surface area contributed by atoms with Crippen LogP contribution < -0.4 is 15.7 Å². The van der Waals surface area contributed by atoms with Gasteiger partial charge in [-0.1, -0.05) is 6.92 Å². The van der Waals surface area contributed by atoms with Gasteiger partial charge in [-0.05, 0) is 49.7 Å². The number of benzene rings is 1. The van der Waals surface area contributed by atoms with Crippen LogP contribution in [0, 0.1) is 5.92 Å². The maximum atomic E-state index is 12.5. The summed E-state index contributed by atoms with van der Waals surface area (Å²) in [6.45, 7) is 3.63. The van der Waals surface area contributed by atoms with Crippen molar-refractivity contribution in [3.8, 4) is 0 Å². The van der Waals surface area contributed by atoms with Crippen molar-refractivity contribution in [2.45, 2.75) is 24.3 Å². The molecule has 3 rings (SSSR count). The highest BCUT2D eigenvalue weighted by Gasteiger charge is 2.26. The molecule has 1 aromatic heterocycles. The number of sulfonamides is 1. The van der Waals surface area contributed by atoms with E-state index in [1.54, 1.807) is 6.07 Å². The summed E-state index contributed by atoms with van der Waals surface area (Å²) >= 11 is 0. The number of halogens is 1. The number of piperidine rings is 1. The number of fused-ring (bicyclic) bond motifs is 1. The van der Waals surface area contributed by atoms with Crippen molar-refractivity contribution in [1.29, 1.82) is 0 Å². The molecule has 2 aromatic rings. The molecule has 0 amide bonds. The van der Waals surface area contributed by atoms with Gasteiger partial charge in [0.05, 0.1) is 4.90 Å². The van der Waals surface area contributed by atoms with Crippen LogP contribution in [0.5, 0.6) is 0 Å². The summed E-state index contributed by atoms with van der Waals surface area (Å²) in [4.78, 5) is 11.3. The van der Waals surface area contributed by atoms with Crippen molar-refractivity contribution in [1.82, 2.24) is 10.0 Å². The summed E-state index contributed by atoms with van der Waals surface area (Å²) in [5, 5.41) is 3.83. The molecule has 0 bridgehead atoms. The van der Waals surface area contributed by atoms with E-state index < -0.39 is 15.6 Å². The third-order valence-electron chi connectivity index (χ3n) is 3.99. The van der Waals surface area contributed by atoms with Crippen LogP contribution in [0.3, 0.4) is 0 Å². The van der Waals surface area contributed by atoms with Crippen molar-refractivity contribution in [3.05, 3.63) is 40.8 Å². The fraction of sp³-hybridized carbons (Fsp3) is 0.400. The minimum atomic E-state index is -3.59. The first-order valence-electron chi connectivity index (χ1n) is 7.23. The molecule has 0 saturated carbocycles. The lowest BCUT2D eigenvalue weighted by Gasteiger charge is -2.29. The minimum absolute atomic E-state index is 0. The van der Waals surface area contributed by atoms with E-state index in [0.717, 1.165) is 19.5 Å². The molecule has 2 heterocycles. The second-order valence-corrected chi connectivity index (χ2v) is 7.37. The lowest BCUT2D eigenvalue weighted by atomic mass is 9.97. The standard InChI is InChI=1S/C15H18N2O4S.ClH/c1-10-9-16-7-6-13(10)17-22(19,20)12-3-4-14-11(8-12)2-5-15(18)21-14;/h2-5,8,10,13,16-17H,6-7,9H2,1H3;1H. The SMILES string of the molecule is CC1CNCCC1NS(=O)(=O)c1ccc2oc(=O)ccc2c1.Cl. The van der Waals surface area contributed by atoms with Crippen molar-refractivity contribution < 1.29 is 12.8 Å². The lowest BCUT2D eigenvalue weighted by molar-refractivity contribution is 0.328. The van der Waals surface area contributed by atoms with Gasteiger partial charge in [0, 0.05) is 17.5 Å². The zero-order valence-corrected chi connectivity index (χ0v) is 14.2. The predicted molar refractivity (Wildman–Crippen MR) is 90.5 cm³/mol. The summed E-state index contributed by atoms with van der Waals surface area (Å²) < 4.78 is 32.9. The molecule has 1 aliphatic rings. The molecule has 23 heavy (non-hydrogen) atoms. The van der Waals surface area contributed by atoms with Gasteiger partial charge in [-0.15, -0.1) is 12.4 Å². The quantitative estimate of drug-likeness (QED) is 0.811. The molecular weight excluding hydrogens is 340 g/mol. The van der Waals surface area contributed by atoms with E-state index in [1.165, 1.54) is 24.3 Å². The van der Waals surface area contributed by atoms with Crippen molar-refractivity contribution in [2.75, 3.05) is 13.1 Å². The van der Waals surface area contributed by atoms with Gasteiger partial charge >= 0.3 is 5.63 Å². The molecule has 0 aliphatic carbocycles. The average molecular weight is 359 g/mol. The van der Waals surface area contributed by atoms with Crippen molar-refractivity contribution in [2.24, 2.45) is 5.92 Å². The first-order chi connectivity index (χ1) is 10.5. The van der Waals surface area contributed by atoms with Crippen LogP contribution in [0.4, 0.5) is 0 Å². The Balaban J connectivity index is 0.00000192. The van der Waals surface area contributed by atoms with E-state index in [4.69, 9.17) is 4.42 Å². The Morgan fingerprint density at radius 1 is 1.26 bits per heavy atom. The predicted octanol–water partition coefficient (Wildman–Crippen LogP) is 1.49. The Morgan fingerprint density at radius 2 is 2.04 bits per heavy atom. The number of nitrogens with one attached hydrogen (secondary N) is 2. The van der Waals surface area contributed by atoms with E-state index in [0.29, 0.717) is 11.0 Å². The molecule has 126 valence electrons. The molecule has 1 saturated heterocycles. The molecule has 0 spiro atoms. The van der Waals surface area contributed by atoms with Gasteiger partial charge in [-0.25, -0.2) is 17.9 Å². The number of hydrogen-bond acceptors (Lipinski definition) is 5. The van der Waals surface area contributed by atoms with Gasteiger partial charge in [-0.3, -0.25) is 0 Å². The summed E-state index contributed by atoms with van der Waals surface area (Å²) in [6.07, 6.45) is 0.767. The molecule has 2 N–H and O–H groups in total. The maximum Gasteiger partial charge on any atom is 0.336 e. The Bertz CT molecular complexity index is 850. The second kappa shape index (κ2) is 7.00. The molecule has 0 radical (unpaired) electrons. The molecule has 2 unspecified atom stereocenters. The normalized spacial score (nSPS) is 21.8. The third kappa shape index (κ3) is 3.92. The van der Waals surface area contributed by atoms with Gasteiger partial charge in [-0.2, -0.15) is 0 Å². The Labute approximate surface area is 140 Å². The van der Waals surface area contributed by atoms with Gasteiger partial charge in [0.1, 0.15) is 5.58 Å². The minimum Gasteiger partial charge on any atom is -0.423 e. The van der Waals surface area contributed by atoms with Crippen LogP contribution in [0.25, 0.3) is 11.0 Å². The van der Waals surface area contributed by atoms with E-state index in [-0.39, 0.29) is 29.3 Å². The van der Waals surface area contributed by atoms with Gasteiger partial charge < -0.3 is 9.73 Å². The summed E-state index contributed by atoms with van der Waals surface area (Å²) in [5.41, 5.74) is -0.0774. The van der Waals surface area contributed by atoms with Crippen LogP contribution >= 0.6 is 12.4 Å². The van der Waals surface area contributed by atoms with Crippen molar-refractivity contribution in [3.63, 3.8) is 0 Å². The van der Waals surface area contributed by atoms with Crippen LogP contribution in [0.2, 0.25) is 0 Å². The molecular formula is C15H19ClN2O4S.